The van der Waals surface area contributed by atoms with Crippen molar-refractivity contribution in [3.63, 3.8) is 0 Å². The van der Waals surface area contributed by atoms with Crippen LogP contribution in [0.15, 0.2) is 65.3 Å². The Kier molecular flexibility index (Phi) is 8.10. The number of hydrogen-bond acceptors (Lipinski definition) is 6. The van der Waals surface area contributed by atoms with Crippen molar-refractivity contribution >= 4 is 35.0 Å². The van der Waals surface area contributed by atoms with Crippen molar-refractivity contribution in [1.29, 1.82) is 0 Å². The summed E-state index contributed by atoms with van der Waals surface area (Å²) in [6, 6.07) is 15.8. The van der Waals surface area contributed by atoms with Crippen LogP contribution in [0.1, 0.15) is 39.0 Å². The van der Waals surface area contributed by atoms with E-state index in [9.17, 15) is 14.4 Å². The van der Waals surface area contributed by atoms with Crippen LogP contribution in [-0.2, 0) is 17.1 Å². The summed E-state index contributed by atoms with van der Waals surface area (Å²) in [7, 11) is 1.58. The first-order valence-corrected chi connectivity index (χ1v) is 11.1. The van der Waals surface area contributed by atoms with Crippen LogP contribution in [0, 0.1) is 0 Å². The van der Waals surface area contributed by atoms with Crippen molar-refractivity contribution in [3.05, 3.63) is 83.3 Å². The first-order chi connectivity index (χ1) is 15.5. The molecule has 1 aromatic heterocycles. The fraction of sp³-hybridized carbons (Fsp3) is 0.208. The second kappa shape index (κ2) is 11.2. The molecule has 0 atom stereocenters. The highest BCUT2D eigenvalue weighted by molar-refractivity contribution is 7.99. The molecule has 0 unspecified atom stereocenters. The molecule has 3 rings (SSSR count). The average molecular weight is 453 g/mol. The van der Waals surface area contributed by atoms with Crippen LogP contribution < -0.4 is 15.4 Å². The number of benzene rings is 2. The van der Waals surface area contributed by atoms with Crippen LogP contribution in [0.4, 0.5) is 5.69 Å². The number of thioether (sulfide) groups is 1. The summed E-state index contributed by atoms with van der Waals surface area (Å²) in [5, 5.41) is 5.62. The zero-order valence-corrected chi connectivity index (χ0v) is 18.7. The third-order valence-electron chi connectivity index (χ3n) is 4.62. The molecule has 1 heterocycles. The van der Waals surface area contributed by atoms with Gasteiger partial charge in [-0.1, -0.05) is 12.1 Å². The number of amides is 2. The number of nitrogens with one attached hydrogen (secondary N) is 2. The molecule has 32 heavy (non-hydrogen) atoms. The van der Waals surface area contributed by atoms with Crippen molar-refractivity contribution in [2.75, 3.05) is 18.2 Å². The number of carbonyl (C=O) groups excluding carboxylic acids is 3. The summed E-state index contributed by atoms with van der Waals surface area (Å²) in [5.41, 5.74) is 3.05. The second-order valence-electron chi connectivity index (χ2n) is 6.98. The topological polar surface area (TPSA) is 97.6 Å². The molecule has 0 fully saturated rings. The first-order valence-electron chi connectivity index (χ1n) is 9.92. The molecule has 0 radical (unpaired) electrons. The SMILES string of the molecule is COc1ccc(C(C)=O)cc1CSCC(=O)NCc1ccc(NC(=O)c2ccco2)cc1. The molecule has 0 aliphatic carbocycles. The minimum Gasteiger partial charge on any atom is -0.496 e. The van der Waals surface area contributed by atoms with Crippen LogP contribution >= 0.6 is 11.8 Å². The van der Waals surface area contributed by atoms with E-state index >= 15 is 0 Å². The highest BCUT2D eigenvalue weighted by atomic mass is 32.2. The maximum atomic E-state index is 12.2. The molecule has 2 N–H and O–H groups in total. The van der Waals surface area contributed by atoms with E-state index in [0.29, 0.717) is 29.3 Å². The van der Waals surface area contributed by atoms with Gasteiger partial charge in [0.2, 0.25) is 5.91 Å². The summed E-state index contributed by atoms with van der Waals surface area (Å²) in [4.78, 5) is 35.8. The lowest BCUT2D eigenvalue weighted by molar-refractivity contribution is -0.118. The summed E-state index contributed by atoms with van der Waals surface area (Å²) in [5.74, 6) is 1.35. The summed E-state index contributed by atoms with van der Waals surface area (Å²) >= 11 is 1.45. The number of carbonyl (C=O) groups is 3. The van der Waals surface area contributed by atoms with Gasteiger partial charge in [-0.2, -0.15) is 0 Å². The van der Waals surface area contributed by atoms with Crippen molar-refractivity contribution in [2.24, 2.45) is 0 Å². The third kappa shape index (κ3) is 6.49. The molecule has 8 heteroatoms. The van der Waals surface area contributed by atoms with Crippen LogP contribution in [-0.4, -0.2) is 30.5 Å². The highest BCUT2D eigenvalue weighted by Crippen LogP contribution is 2.25. The van der Waals surface area contributed by atoms with Gasteiger partial charge in [0.05, 0.1) is 19.1 Å². The van der Waals surface area contributed by atoms with Gasteiger partial charge in [0.15, 0.2) is 11.5 Å². The number of Topliss-reactive ketones (excluding diaryl/α,β-unsaturated/α-hetero) is 1. The van der Waals surface area contributed by atoms with Gasteiger partial charge < -0.3 is 19.8 Å². The molecule has 7 nitrogen and oxygen atoms in total. The number of furan rings is 1. The molecule has 166 valence electrons. The zero-order chi connectivity index (χ0) is 22.9. The molecule has 0 aliphatic heterocycles. The largest absolute Gasteiger partial charge is 0.496 e. The Labute approximate surface area is 190 Å². The van der Waals surface area contributed by atoms with E-state index in [0.717, 1.165) is 11.1 Å². The summed E-state index contributed by atoms with van der Waals surface area (Å²) in [6.45, 7) is 1.90. The number of hydrogen-bond donors (Lipinski definition) is 2. The van der Waals surface area contributed by atoms with Crippen molar-refractivity contribution in [1.82, 2.24) is 5.32 Å². The Bertz CT molecular complexity index is 1080. The van der Waals surface area contributed by atoms with E-state index in [4.69, 9.17) is 9.15 Å². The smallest absolute Gasteiger partial charge is 0.291 e. The lowest BCUT2D eigenvalue weighted by Gasteiger charge is -2.10. The first kappa shape index (κ1) is 23.1. The number of ketones is 1. The van der Waals surface area contributed by atoms with Gasteiger partial charge in [0, 0.05) is 29.1 Å². The zero-order valence-electron chi connectivity index (χ0n) is 17.8. The van der Waals surface area contributed by atoms with E-state index < -0.39 is 0 Å². The lowest BCUT2D eigenvalue weighted by Crippen LogP contribution is -2.24. The predicted octanol–water partition coefficient (Wildman–Crippen LogP) is 4.29. The normalized spacial score (nSPS) is 10.4. The van der Waals surface area contributed by atoms with Crippen LogP contribution in [0.25, 0.3) is 0 Å². The Morgan fingerprint density at radius 1 is 1.06 bits per heavy atom. The minimum absolute atomic E-state index is 0.0109. The average Bonchev–Trinajstić information content (AvgIpc) is 3.34. The van der Waals surface area contributed by atoms with E-state index in [1.165, 1.54) is 24.9 Å². The van der Waals surface area contributed by atoms with E-state index in [2.05, 4.69) is 10.6 Å². The highest BCUT2D eigenvalue weighted by Gasteiger charge is 2.10. The molecule has 3 aromatic rings. The number of anilines is 1. The van der Waals surface area contributed by atoms with Gasteiger partial charge in [0.25, 0.3) is 5.91 Å². The Morgan fingerprint density at radius 3 is 2.50 bits per heavy atom. The molecule has 2 amide bonds. The molecule has 0 bridgehead atoms. The van der Waals surface area contributed by atoms with Gasteiger partial charge >= 0.3 is 0 Å². The van der Waals surface area contributed by atoms with Crippen LogP contribution in [0.2, 0.25) is 0 Å². The van der Waals surface area contributed by atoms with Gasteiger partial charge in [0.1, 0.15) is 5.75 Å². The maximum Gasteiger partial charge on any atom is 0.291 e. The summed E-state index contributed by atoms with van der Waals surface area (Å²) in [6.07, 6.45) is 1.44. The molecule has 0 saturated carbocycles. The Morgan fingerprint density at radius 2 is 1.84 bits per heavy atom. The Hall–Kier alpha value is -3.52. The van der Waals surface area contributed by atoms with Gasteiger partial charge in [-0.3, -0.25) is 14.4 Å². The second-order valence-corrected chi connectivity index (χ2v) is 7.97. The van der Waals surface area contributed by atoms with E-state index in [1.54, 1.807) is 49.6 Å². The fourth-order valence-corrected chi connectivity index (χ4v) is 3.76. The van der Waals surface area contributed by atoms with Crippen LogP contribution in [0.5, 0.6) is 5.75 Å². The number of ether oxygens (including phenoxy) is 1. The Balaban J connectivity index is 1.44. The van der Waals surface area contributed by atoms with Gasteiger partial charge in [-0.05, 0) is 55.0 Å². The number of methoxy groups -OCH3 is 1. The molecule has 0 aliphatic rings. The predicted molar refractivity (Wildman–Crippen MR) is 124 cm³/mol. The van der Waals surface area contributed by atoms with E-state index in [-0.39, 0.29) is 29.1 Å². The van der Waals surface area contributed by atoms with E-state index in [1.807, 2.05) is 12.1 Å². The quantitative estimate of drug-likeness (QED) is 0.445. The van der Waals surface area contributed by atoms with Gasteiger partial charge in [-0.15, -0.1) is 11.8 Å². The van der Waals surface area contributed by atoms with Crippen molar-refractivity contribution < 1.29 is 23.5 Å². The minimum atomic E-state index is -0.321. The monoisotopic (exact) mass is 452 g/mol. The van der Waals surface area contributed by atoms with Crippen LogP contribution in [0.3, 0.4) is 0 Å². The molecular formula is C24H24N2O5S. The fourth-order valence-electron chi connectivity index (χ4n) is 2.92. The molecular weight excluding hydrogens is 428 g/mol. The molecule has 0 spiro atoms. The standard InChI is InChI=1S/C24H24N2O5S/c1-16(27)18-7-10-21(30-2)19(12-18)14-32-15-23(28)25-13-17-5-8-20(9-6-17)26-24(29)22-4-3-11-31-22/h3-12H,13-15H2,1-2H3,(H,25,28)(H,26,29). The summed E-state index contributed by atoms with van der Waals surface area (Å²) < 4.78 is 10.4. The maximum absolute atomic E-state index is 12.2. The number of rotatable bonds is 10. The molecule has 2 aromatic carbocycles. The van der Waals surface area contributed by atoms with Crippen molar-refractivity contribution in [3.8, 4) is 5.75 Å². The van der Waals surface area contributed by atoms with Crippen molar-refractivity contribution in [2.45, 2.75) is 19.2 Å². The molecule has 0 saturated heterocycles. The van der Waals surface area contributed by atoms with Gasteiger partial charge in [-0.25, -0.2) is 0 Å². The third-order valence-corrected chi connectivity index (χ3v) is 5.61. The lowest BCUT2D eigenvalue weighted by atomic mass is 10.1.